The van der Waals surface area contributed by atoms with Gasteiger partial charge in [-0.3, -0.25) is 9.59 Å². The average Bonchev–Trinajstić information content (AvgIpc) is 2.53. The third kappa shape index (κ3) is 3.76. The highest BCUT2D eigenvalue weighted by molar-refractivity contribution is 5.81. The van der Waals surface area contributed by atoms with Gasteiger partial charge in [0.05, 0.1) is 17.6 Å². The van der Waals surface area contributed by atoms with E-state index >= 15 is 0 Å². The van der Waals surface area contributed by atoms with Crippen molar-refractivity contribution in [1.29, 1.82) is 5.26 Å². The van der Waals surface area contributed by atoms with Crippen molar-refractivity contribution >= 4 is 11.8 Å². The molecule has 2 unspecified atom stereocenters. The summed E-state index contributed by atoms with van der Waals surface area (Å²) in [4.78, 5) is 25.2. The maximum Gasteiger partial charge on any atom is 0.260 e. The highest BCUT2D eigenvalue weighted by Gasteiger charge is 2.31. The number of piperidine rings is 1. The van der Waals surface area contributed by atoms with E-state index in [-0.39, 0.29) is 30.4 Å². The van der Waals surface area contributed by atoms with Crippen LogP contribution in [0.4, 0.5) is 0 Å². The lowest BCUT2D eigenvalue weighted by Crippen LogP contribution is -2.50. The van der Waals surface area contributed by atoms with Crippen LogP contribution in [0.25, 0.3) is 0 Å². The van der Waals surface area contributed by atoms with Gasteiger partial charge in [0.15, 0.2) is 6.61 Å². The molecule has 6 nitrogen and oxygen atoms in total. The topological polar surface area (TPSA) is 96.4 Å². The highest BCUT2D eigenvalue weighted by Crippen LogP contribution is 2.22. The SMILES string of the molecule is CC1CCC(C(N)=O)CN1C(=O)COc1ccc(C#N)cc1. The first-order valence-electron chi connectivity index (χ1n) is 7.23. The Morgan fingerprint density at radius 2 is 2.05 bits per heavy atom. The van der Waals surface area contributed by atoms with E-state index in [1.54, 1.807) is 29.2 Å². The first kappa shape index (κ1) is 15.8. The molecule has 1 heterocycles. The van der Waals surface area contributed by atoms with Gasteiger partial charge in [-0.05, 0) is 44.0 Å². The highest BCUT2D eigenvalue weighted by atomic mass is 16.5. The fourth-order valence-corrected chi connectivity index (χ4v) is 2.54. The quantitative estimate of drug-likeness (QED) is 0.899. The fraction of sp³-hybridized carbons (Fsp3) is 0.438. The Labute approximate surface area is 129 Å². The zero-order valence-corrected chi connectivity index (χ0v) is 12.5. The standard InChI is InChI=1S/C16H19N3O3/c1-11-2-5-13(16(18)21)9-19(11)15(20)10-22-14-6-3-12(8-17)4-7-14/h3-4,6-7,11,13H,2,5,9-10H2,1H3,(H2,18,21). The summed E-state index contributed by atoms with van der Waals surface area (Å²) < 4.78 is 5.45. The summed E-state index contributed by atoms with van der Waals surface area (Å²) in [5, 5.41) is 8.73. The van der Waals surface area contributed by atoms with Crippen LogP contribution >= 0.6 is 0 Å². The molecule has 116 valence electrons. The average molecular weight is 301 g/mol. The Hall–Kier alpha value is -2.55. The second kappa shape index (κ2) is 6.94. The minimum absolute atomic E-state index is 0.0765. The Kier molecular flexibility index (Phi) is 4.99. The van der Waals surface area contributed by atoms with Crippen molar-refractivity contribution in [2.24, 2.45) is 11.7 Å². The van der Waals surface area contributed by atoms with Crippen LogP contribution in [-0.2, 0) is 9.59 Å². The fourth-order valence-electron chi connectivity index (χ4n) is 2.54. The molecule has 2 rings (SSSR count). The van der Waals surface area contributed by atoms with Gasteiger partial charge in [0.1, 0.15) is 5.75 Å². The largest absolute Gasteiger partial charge is 0.484 e. The number of nitriles is 1. The number of rotatable bonds is 4. The summed E-state index contributed by atoms with van der Waals surface area (Å²) in [5.74, 6) is -0.279. The third-order valence-electron chi connectivity index (χ3n) is 3.95. The van der Waals surface area contributed by atoms with E-state index in [4.69, 9.17) is 15.7 Å². The number of carbonyl (C=O) groups excluding carboxylic acids is 2. The number of benzene rings is 1. The number of hydrogen-bond donors (Lipinski definition) is 1. The van der Waals surface area contributed by atoms with Gasteiger partial charge in [-0.2, -0.15) is 5.26 Å². The molecule has 1 saturated heterocycles. The normalized spacial score (nSPS) is 21.0. The first-order valence-corrected chi connectivity index (χ1v) is 7.23. The van der Waals surface area contributed by atoms with Crippen molar-refractivity contribution in [2.45, 2.75) is 25.8 Å². The zero-order chi connectivity index (χ0) is 16.1. The predicted octanol–water partition coefficient (Wildman–Crippen LogP) is 1.05. The molecule has 2 atom stereocenters. The molecule has 0 aromatic heterocycles. The Morgan fingerprint density at radius 1 is 1.36 bits per heavy atom. The van der Waals surface area contributed by atoms with Crippen LogP contribution < -0.4 is 10.5 Å². The van der Waals surface area contributed by atoms with Crippen LogP contribution in [0.3, 0.4) is 0 Å². The molecule has 6 heteroatoms. The number of primary amides is 1. The van der Waals surface area contributed by atoms with Gasteiger partial charge in [-0.15, -0.1) is 0 Å². The Morgan fingerprint density at radius 3 is 2.64 bits per heavy atom. The molecule has 0 saturated carbocycles. The molecular formula is C16H19N3O3. The summed E-state index contributed by atoms with van der Waals surface area (Å²) in [6.07, 6.45) is 1.48. The van der Waals surface area contributed by atoms with Crippen LogP contribution in [0, 0.1) is 17.2 Å². The molecule has 1 fully saturated rings. The summed E-state index contributed by atoms with van der Waals surface area (Å²) >= 11 is 0. The summed E-state index contributed by atoms with van der Waals surface area (Å²) in [6.45, 7) is 2.21. The van der Waals surface area contributed by atoms with E-state index in [1.807, 2.05) is 13.0 Å². The van der Waals surface area contributed by atoms with Gasteiger partial charge in [0.2, 0.25) is 5.91 Å². The maximum absolute atomic E-state index is 12.3. The molecule has 0 spiro atoms. The van der Waals surface area contributed by atoms with Crippen LogP contribution in [0.15, 0.2) is 24.3 Å². The lowest BCUT2D eigenvalue weighted by atomic mass is 9.93. The third-order valence-corrected chi connectivity index (χ3v) is 3.95. The van der Waals surface area contributed by atoms with Crippen molar-refractivity contribution in [3.8, 4) is 11.8 Å². The molecule has 0 aliphatic carbocycles. The van der Waals surface area contributed by atoms with Crippen LogP contribution in [-0.4, -0.2) is 35.9 Å². The number of carbonyl (C=O) groups is 2. The van der Waals surface area contributed by atoms with Crippen molar-refractivity contribution < 1.29 is 14.3 Å². The number of nitrogens with two attached hydrogens (primary N) is 1. The van der Waals surface area contributed by atoms with Gasteiger partial charge in [-0.25, -0.2) is 0 Å². The number of nitrogens with zero attached hydrogens (tertiary/aromatic N) is 2. The van der Waals surface area contributed by atoms with E-state index in [2.05, 4.69) is 0 Å². The molecule has 22 heavy (non-hydrogen) atoms. The van der Waals surface area contributed by atoms with Gasteiger partial charge < -0.3 is 15.4 Å². The van der Waals surface area contributed by atoms with Gasteiger partial charge in [0.25, 0.3) is 5.91 Å². The molecule has 0 bridgehead atoms. The van der Waals surface area contributed by atoms with Gasteiger partial charge in [-0.1, -0.05) is 0 Å². The molecule has 1 aromatic rings. The second-order valence-electron chi connectivity index (χ2n) is 5.50. The molecule has 1 aliphatic heterocycles. The van der Waals surface area contributed by atoms with E-state index < -0.39 is 0 Å². The number of amides is 2. The lowest BCUT2D eigenvalue weighted by molar-refractivity contribution is -0.139. The summed E-state index contributed by atoms with van der Waals surface area (Å²) in [7, 11) is 0. The van der Waals surface area contributed by atoms with Crippen molar-refractivity contribution in [3.05, 3.63) is 29.8 Å². The first-order chi connectivity index (χ1) is 10.5. The molecule has 1 aliphatic rings. The van der Waals surface area contributed by atoms with Crippen LogP contribution in [0.1, 0.15) is 25.3 Å². The number of likely N-dealkylation sites (tertiary alicyclic amines) is 1. The lowest BCUT2D eigenvalue weighted by Gasteiger charge is -2.36. The summed E-state index contributed by atoms with van der Waals surface area (Å²) in [6, 6.07) is 8.66. The molecule has 1 aromatic carbocycles. The Bertz CT molecular complexity index is 592. The van der Waals surface area contributed by atoms with E-state index in [0.29, 0.717) is 17.9 Å². The van der Waals surface area contributed by atoms with Crippen LogP contribution in [0.5, 0.6) is 5.75 Å². The van der Waals surface area contributed by atoms with Crippen molar-refractivity contribution in [2.75, 3.05) is 13.2 Å². The summed E-state index contributed by atoms with van der Waals surface area (Å²) in [5.41, 5.74) is 5.87. The van der Waals surface area contributed by atoms with Gasteiger partial charge in [0, 0.05) is 12.6 Å². The van der Waals surface area contributed by atoms with Gasteiger partial charge >= 0.3 is 0 Å². The molecule has 2 amide bonds. The number of hydrogen-bond acceptors (Lipinski definition) is 4. The minimum atomic E-state index is -0.363. The van der Waals surface area contributed by atoms with Crippen LogP contribution in [0.2, 0.25) is 0 Å². The maximum atomic E-state index is 12.3. The predicted molar refractivity (Wildman–Crippen MR) is 79.7 cm³/mol. The smallest absolute Gasteiger partial charge is 0.260 e. The van der Waals surface area contributed by atoms with Crippen molar-refractivity contribution in [1.82, 2.24) is 4.90 Å². The minimum Gasteiger partial charge on any atom is -0.484 e. The van der Waals surface area contributed by atoms with E-state index in [9.17, 15) is 9.59 Å². The second-order valence-corrected chi connectivity index (χ2v) is 5.50. The molecule has 2 N–H and O–H groups in total. The molecular weight excluding hydrogens is 282 g/mol. The number of ether oxygens (including phenoxy) is 1. The zero-order valence-electron chi connectivity index (χ0n) is 12.5. The molecule has 0 radical (unpaired) electrons. The van der Waals surface area contributed by atoms with Crippen molar-refractivity contribution in [3.63, 3.8) is 0 Å². The monoisotopic (exact) mass is 301 g/mol. The Balaban J connectivity index is 1.92. The van der Waals surface area contributed by atoms with E-state index in [0.717, 1.165) is 12.8 Å². The van der Waals surface area contributed by atoms with E-state index in [1.165, 1.54) is 0 Å².